The molecule has 0 aliphatic carbocycles. The molecule has 1 aliphatic rings. The molecule has 5 nitrogen and oxygen atoms in total. The highest BCUT2D eigenvalue weighted by molar-refractivity contribution is 5.92. The average Bonchev–Trinajstić information content (AvgIpc) is 3.14. The van der Waals surface area contributed by atoms with E-state index in [1.54, 1.807) is 18.7 Å². The minimum Gasteiger partial charge on any atom is -0.465 e. The highest BCUT2D eigenvalue weighted by atomic mass is 16.5. The Morgan fingerprint density at radius 1 is 1.00 bits per heavy atom. The summed E-state index contributed by atoms with van der Waals surface area (Å²) >= 11 is 0. The van der Waals surface area contributed by atoms with Gasteiger partial charge in [-0.05, 0) is 19.4 Å². The summed E-state index contributed by atoms with van der Waals surface area (Å²) in [6.45, 7) is 4.66. The van der Waals surface area contributed by atoms with E-state index in [1.165, 1.54) is 0 Å². The smallest absolute Gasteiger partial charge is 0.325 e. The number of nitrogens with zero attached hydrogens (tertiary/aromatic N) is 1. The van der Waals surface area contributed by atoms with Gasteiger partial charge in [-0.3, -0.25) is 14.5 Å². The first-order valence-corrected chi connectivity index (χ1v) is 6.82. The zero-order valence-electron chi connectivity index (χ0n) is 11.7. The van der Waals surface area contributed by atoms with Gasteiger partial charge in [0, 0.05) is 6.54 Å². The standard InChI is InChI=1S/C15H19NO4/c1-3-19-14(17)12-13(15(18)20-4-2)16(12)10-11-8-6-5-7-9-11/h5-9,12-13H,3-4,10H2,1-2H3/t12-,13+,16?. The molecule has 0 saturated carbocycles. The van der Waals surface area contributed by atoms with Crippen LogP contribution in [0.25, 0.3) is 0 Å². The summed E-state index contributed by atoms with van der Waals surface area (Å²) in [7, 11) is 0. The third-order valence-corrected chi connectivity index (χ3v) is 3.19. The monoisotopic (exact) mass is 277 g/mol. The van der Waals surface area contributed by atoms with Gasteiger partial charge >= 0.3 is 11.9 Å². The van der Waals surface area contributed by atoms with Gasteiger partial charge in [-0.2, -0.15) is 0 Å². The Labute approximate surface area is 118 Å². The van der Waals surface area contributed by atoms with Gasteiger partial charge < -0.3 is 9.47 Å². The molecular formula is C15H19NO4. The Hall–Kier alpha value is -1.88. The van der Waals surface area contributed by atoms with Crippen molar-refractivity contribution in [1.29, 1.82) is 0 Å². The van der Waals surface area contributed by atoms with Crippen molar-refractivity contribution < 1.29 is 19.1 Å². The van der Waals surface area contributed by atoms with Crippen LogP contribution in [0.5, 0.6) is 0 Å². The SMILES string of the molecule is CCOC(=O)[C@@H]1[C@H](C(=O)OCC)N1Cc1ccccc1. The molecular weight excluding hydrogens is 258 g/mol. The maximum absolute atomic E-state index is 11.9. The second-order valence-electron chi connectivity index (χ2n) is 4.55. The van der Waals surface area contributed by atoms with Crippen LogP contribution in [0, 0.1) is 0 Å². The van der Waals surface area contributed by atoms with Crippen LogP contribution < -0.4 is 0 Å². The Balaban J connectivity index is 2.05. The number of benzene rings is 1. The van der Waals surface area contributed by atoms with Crippen LogP contribution in [0.15, 0.2) is 30.3 Å². The summed E-state index contributed by atoms with van der Waals surface area (Å²) < 4.78 is 10.0. The number of esters is 2. The van der Waals surface area contributed by atoms with Crippen molar-refractivity contribution in [2.24, 2.45) is 0 Å². The summed E-state index contributed by atoms with van der Waals surface area (Å²) in [6.07, 6.45) is 0. The van der Waals surface area contributed by atoms with Crippen molar-refractivity contribution in [2.45, 2.75) is 32.5 Å². The second-order valence-corrected chi connectivity index (χ2v) is 4.55. The summed E-state index contributed by atoms with van der Waals surface area (Å²) in [5.41, 5.74) is 1.05. The molecule has 1 fully saturated rings. The van der Waals surface area contributed by atoms with Crippen molar-refractivity contribution in [2.75, 3.05) is 13.2 Å². The van der Waals surface area contributed by atoms with Crippen LogP contribution in [0.4, 0.5) is 0 Å². The minimum absolute atomic E-state index is 0.310. The lowest BCUT2D eigenvalue weighted by Gasteiger charge is -2.04. The lowest BCUT2D eigenvalue weighted by Crippen LogP contribution is -2.20. The van der Waals surface area contributed by atoms with Crippen LogP contribution in [0.2, 0.25) is 0 Å². The zero-order chi connectivity index (χ0) is 14.5. The second kappa shape index (κ2) is 6.52. The number of rotatable bonds is 6. The topological polar surface area (TPSA) is 55.6 Å². The number of hydrogen-bond donors (Lipinski definition) is 0. The van der Waals surface area contributed by atoms with Crippen LogP contribution in [-0.2, 0) is 25.6 Å². The quantitative estimate of drug-likeness (QED) is 0.580. The van der Waals surface area contributed by atoms with Gasteiger partial charge in [0.2, 0.25) is 0 Å². The van der Waals surface area contributed by atoms with Crippen molar-refractivity contribution >= 4 is 11.9 Å². The van der Waals surface area contributed by atoms with E-state index >= 15 is 0 Å². The van der Waals surface area contributed by atoms with Crippen LogP contribution in [-0.4, -0.2) is 42.1 Å². The normalized spacial score (nSPS) is 24.0. The first-order chi connectivity index (χ1) is 9.69. The average molecular weight is 277 g/mol. The predicted molar refractivity (Wildman–Crippen MR) is 72.8 cm³/mol. The molecule has 1 saturated heterocycles. The first kappa shape index (κ1) is 14.5. The molecule has 2 rings (SSSR count). The predicted octanol–water partition coefficient (Wildman–Crippen LogP) is 1.37. The zero-order valence-corrected chi connectivity index (χ0v) is 11.7. The lowest BCUT2D eigenvalue weighted by atomic mass is 10.2. The van der Waals surface area contributed by atoms with Gasteiger partial charge in [0.05, 0.1) is 13.2 Å². The van der Waals surface area contributed by atoms with Gasteiger partial charge in [0.15, 0.2) is 0 Å². The van der Waals surface area contributed by atoms with E-state index in [9.17, 15) is 9.59 Å². The number of carbonyl (C=O) groups excluding carboxylic acids is 2. The molecule has 5 heteroatoms. The van der Waals surface area contributed by atoms with Crippen molar-refractivity contribution in [3.8, 4) is 0 Å². The lowest BCUT2D eigenvalue weighted by molar-refractivity contribution is -0.147. The van der Waals surface area contributed by atoms with Crippen LogP contribution >= 0.6 is 0 Å². The van der Waals surface area contributed by atoms with E-state index in [0.29, 0.717) is 19.8 Å². The fraction of sp³-hybridized carbons (Fsp3) is 0.467. The van der Waals surface area contributed by atoms with Crippen LogP contribution in [0.3, 0.4) is 0 Å². The molecule has 1 aromatic carbocycles. The Morgan fingerprint density at radius 2 is 1.50 bits per heavy atom. The summed E-state index contributed by atoms with van der Waals surface area (Å²) in [4.78, 5) is 25.5. The first-order valence-electron chi connectivity index (χ1n) is 6.82. The van der Waals surface area contributed by atoms with Crippen molar-refractivity contribution in [3.05, 3.63) is 35.9 Å². The molecule has 0 aromatic heterocycles. The largest absolute Gasteiger partial charge is 0.465 e. The van der Waals surface area contributed by atoms with Gasteiger partial charge in [-0.1, -0.05) is 30.3 Å². The molecule has 0 N–H and O–H groups in total. The maximum atomic E-state index is 11.9. The van der Waals surface area contributed by atoms with Gasteiger partial charge in [0.25, 0.3) is 0 Å². The Bertz CT molecular complexity index is 450. The van der Waals surface area contributed by atoms with E-state index in [-0.39, 0.29) is 11.9 Å². The van der Waals surface area contributed by atoms with E-state index in [0.717, 1.165) is 5.56 Å². The van der Waals surface area contributed by atoms with E-state index in [4.69, 9.17) is 9.47 Å². The van der Waals surface area contributed by atoms with E-state index in [2.05, 4.69) is 0 Å². The molecule has 0 spiro atoms. The van der Waals surface area contributed by atoms with Crippen molar-refractivity contribution in [1.82, 2.24) is 4.90 Å². The third-order valence-electron chi connectivity index (χ3n) is 3.19. The Kier molecular flexibility index (Phi) is 4.74. The molecule has 0 bridgehead atoms. The molecule has 1 unspecified atom stereocenters. The highest BCUT2D eigenvalue weighted by Gasteiger charge is 2.58. The van der Waals surface area contributed by atoms with Gasteiger partial charge in [-0.15, -0.1) is 0 Å². The third kappa shape index (κ3) is 3.17. The molecule has 1 aromatic rings. The highest BCUT2D eigenvalue weighted by Crippen LogP contribution is 2.32. The van der Waals surface area contributed by atoms with Gasteiger partial charge in [0.1, 0.15) is 12.1 Å². The molecule has 0 amide bonds. The molecule has 1 heterocycles. The van der Waals surface area contributed by atoms with Gasteiger partial charge in [-0.25, -0.2) is 0 Å². The van der Waals surface area contributed by atoms with E-state index in [1.807, 2.05) is 30.3 Å². The number of hydrogen-bond acceptors (Lipinski definition) is 5. The minimum atomic E-state index is -0.519. The molecule has 20 heavy (non-hydrogen) atoms. The summed E-state index contributed by atoms with van der Waals surface area (Å²) in [5, 5.41) is 0. The number of ether oxygens (including phenoxy) is 2. The van der Waals surface area contributed by atoms with E-state index < -0.39 is 12.1 Å². The molecule has 3 atom stereocenters. The molecule has 1 aliphatic heterocycles. The molecule has 0 radical (unpaired) electrons. The summed E-state index contributed by atoms with van der Waals surface area (Å²) in [6, 6.07) is 8.67. The maximum Gasteiger partial charge on any atom is 0.325 e. The van der Waals surface area contributed by atoms with Crippen molar-refractivity contribution in [3.63, 3.8) is 0 Å². The Morgan fingerprint density at radius 3 is 1.95 bits per heavy atom. The fourth-order valence-electron chi connectivity index (χ4n) is 2.25. The fourth-order valence-corrected chi connectivity index (χ4v) is 2.25. The molecule has 108 valence electrons. The van der Waals surface area contributed by atoms with Crippen LogP contribution in [0.1, 0.15) is 19.4 Å². The number of carbonyl (C=O) groups is 2. The summed E-state index contributed by atoms with van der Waals surface area (Å²) in [5.74, 6) is -0.719.